The number of alkyl halides is 1. The summed E-state index contributed by atoms with van der Waals surface area (Å²) in [5, 5.41) is 1.92. The van der Waals surface area contributed by atoms with Gasteiger partial charge < -0.3 is 0 Å². The predicted octanol–water partition coefficient (Wildman–Crippen LogP) is 4.85. The zero-order chi connectivity index (χ0) is 12.3. The third kappa shape index (κ3) is 3.69. The van der Waals surface area contributed by atoms with Crippen molar-refractivity contribution in [3.63, 3.8) is 0 Å². The number of benzene rings is 1. The predicted molar refractivity (Wildman–Crippen MR) is 81.0 cm³/mol. The van der Waals surface area contributed by atoms with E-state index in [9.17, 15) is 0 Å². The SMILES string of the molecule is Clc1cc(Br)ccc1CN1CCCCC1CBr. The number of halogens is 3. The average Bonchev–Trinajstić information content (AvgIpc) is 2.33. The molecule has 0 aromatic heterocycles. The van der Waals surface area contributed by atoms with Crippen LogP contribution < -0.4 is 0 Å². The van der Waals surface area contributed by atoms with Crippen molar-refractivity contribution >= 4 is 43.5 Å². The van der Waals surface area contributed by atoms with Crippen molar-refractivity contribution in [3.8, 4) is 0 Å². The summed E-state index contributed by atoms with van der Waals surface area (Å²) in [6, 6.07) is 6.81. The summed E-state index contributed by atoms with van der Waals surface area (Å²) in [5.41, 5.74) is 1.22. The molecule has 0 bridgehead atoms. The zero-order valence-electron chi connectivity index (χ0n) is 9.63. The van der Waals surface area contributed by atoms with Gasteiger partial charge in [-0.3, -0.25) is 4.90 Å². The molecule has 1 aromatic carbocycles. The van der Waals surface area contributed by atoms with Crippen LogP contribution in [0.25, 0.3) is 0 Å². The van der Waals surface area contributed by atoms with Crippen LogP contribution in [0.3, 0.4) is 0 Å². The lowest BCUT2D eigenvalue weighted by atomic mass is 10.0. The fraction of sp³-hybridized carbons (Fsp3) is 0.538. The van der Waals surface area contributed by atoms with E-state index in [0.717, 1.165) is 21.4 Å². The summed E-state index contributed by atoms with van der Waals surface area (Å²) >= 11 is 13.3. The van der Waals surface area contributed by atoms with Gasteiger partial charge in [0.05, 0.1) is 0 Å². The van der Waals surface area contributed by atoms with Crippen molar-refractivity contribution in [1.29, 1.82) is 0 Å². The molecule has 17 heavy (non-hydrogen) atoms. The maximum atomic E-state index is 6.27. The standard InChI is InChI=1S/C13H16Br2ClN/c14-8-12-3-1-2-6-17(12)9-10-4-5-11(15)7-13(10)16/h4-5,7,12H,1-3,6,8-9H2. The maximum Gasteiger partial charge on any atom is 0.0462 e. The van der Waals surface area contributed by atoms with Crippen molar-refractivity contribution in [3.05, 3.63) is 33.3 Å². The summed E-state index contributed by atoms with van der Waals surface area (Å²) in [6.07, 6.45) is 3.94. The Morgan fingerprint density at radius 1 is 1.35 bits per heavy atom. The van der Waals surface area contributed by atoms with E-state index in [4.69, 9.17) is 11.6 Å². The van der Waals surface area contributed by atoms with Gasteiger partial charge in [0.1, 0.15) is 0 Å². The highest BCUT2D eigenvalue weighted by atomic mass is 79.9. The van der Waals surface area contributed by atoms with Crippen LogP contribution in [0.4, 0.5) is 0 Å². The molecule has 4 heteroatoms. The fourth-order valence-electron chi connectivity index (χ4n) is 2.31. The molecule has 0 spiro atoms. The minimum atomic E-state index is 0.656. The average molecular weight is 382 g/mol. The first kappa shape index (κ1) is 13.9. The molecule has 1 aromatic rings. The van der Waals surface area contributed by atoms with E-state index >= 15 is 0 Å². The monoisotopic (exact) mass is 379 g/mol. The van der Waals surface area contributed by atoms with Crippen molar-refractivity contribution in [2.45, 2.75) is 31.8 Å². The normalized spacial score (nSPS) is 21.7. The van der Waals surface area contributed by atoms with Gasteiger partial charge in [0.25, 0.3) is 0 Å². The Kier molecular flexibility index (Phi) is 5.34. The van der Waals surface area contributed by atoms with E-state index in [0.29, 0.717) is 6.04 Å². The van der Waals surface area contributed by atoms with Gasteiger partial charge in [-0.15, -0.1) is 0 Å². The molecule has 1 aliphatic rings. The maximum absolute atomic E-state index is 6.27. The molecule has 2 rings (SSSR count). The van der Waals surface area contributed by atoms with Crippen molar-refractivity contribution in [1.82, 2.24) is 4.90 Å². The van der Waals surface area contributed by atoms with Crippen LogP contribution in [0, 0.1) is 0 Å². The number of hydrogen-bond donors (Lipinski definition) is 0. The molecule has 0 aliphatic carbocycles. The summed E-state index contributed by atoms with van der Waals surface area (Å²) < 4.78 is 1.04. The molecular weight excluding hydrogens is 365 g/mol. The Hall–Kier alpha value is 0.430. The Morgan fingerprint density at radius 2 is 2.18 bits per heavy atom. The second kappa shape index (κ2) is 6.55. The van der Waals surface area contributed by atoms with Crippen molar-refractivity contribution in [2.75, 3.05) is 11.9 Å². The molecular formula is C13H16Br2ClN. The van der Waals surface area contributed by atoms with E-state index in [1.807, 2.05) is 6.07 Å². The molecule has 0 amide bonds. The molecule has 0 radical (unpaired) electrons. The number of likely N-dealkylation sites (tertiary alicyclic amines) is 1. The summed E-state index contributed by atoms with van der Waals surface area (Å²) in [4.78, 5) is 2.54. The van der Waals surface area contributed by atoms with Gasteiger partial charge in [0, 0.05) is 27.4 Å². The third-order valence-electron chi connectivity index (χ3n) is 3.32. The van der Waals surface area contributed by atoms with Crippen LogP contribution in [0.15, 0.2) is 22.7 Å². The van der Waals surface area contributed by atoms with Gasteiger partial charge in [-0.05, 0) is 37.1 Å². The third-order valence-corrected chi connectivity index (χ3v) is 4.91. The van der Waals surface area contributed by atoms with Gasteiger partial charge in [-0.25, -0.2) is 0 Å². The minimum Gasteiger partial charge on any atom is -0.295 e. The van der Waals surface area contributed by atoms with Crippen LogP contribution in [0.2, 0.25) is 5.02 Å². The van der Waals surface area contributed by atoms with Crippen LogP contribution >= 0.6 is 43.5 Å². The molecule has 1 nitrogen and oxygen atoms in total. The number of nitrogens with zero attached hydrogens (tertiary/aromatic N) is 1. The molecule has 1 atom stereocenters. The number of hydrogen-bond acceptors (Lipinski definition) is 1. The molecule has 1 aliphatic heterocycles. The first-order valence-electron chi connectivity index (χ1n) is 5.94. The number of rotatable bonds is 3. The van der Waals surface area contributed by atoms with E-state index in [1.165, 1.54) is 31.4 Å². The molecule has 0 N–H and O–H groups in total. The lowest BCUT2D eigenvalue weighted by Crippen LogP contribution is -2.39. The van der Waals surface area contributed by atoms with E-state index in [-0.39, 0.29) is 0 Å². The van der Waals surface area contributed by atoms with Gasteiger partial charge in [-0.2, -0.15) is 0 Å². The van der Waals surface area contributed by atoms with Crippen LogP contribution in [-0.2, 0) is 6.54 Å². The Bertz CT molecular complexity index is 384. The number of piperidine rings is 1. The first-order chi connectivity index (χ1) is 8.20. The first-order valence-corrected chi connectivity index (χ1v) is 8.24. The smallest absolute Gasteiger partial charge is 0.0462 e. The Balaban J connectivity index is 2.08. The summed E-state index contributed by atoms with van der Waals surface area (Å²) in [7, 11) is 0. The molecule has 1 unspecified atom stereocenters. The Labute approximate surface area is 125 Å². The summed E-state index contributed by atoms with van der Waals surface area (Å²) in [5.74, 6) is 0. The molecule has 94 valence electrons. The van der Waals surface area contributed by atoms with Crippen LogP contribution in [0.5, 0.6) is 0 Å². The highest BCUT2D eigenvalue weighted by molar-refractivity contribution is 9.10. The van der Waals surface area contributed by atoms with Crippen LogP contribution in [-0.4, -0.2) is 22.8 Å². The second-order valence-corrected chi connectivity index (χ2v) is 6.48. The fourth-order valence-corrected chi connectivity index (χ4v) is 3.78. The molecule has 1 saturated heterocycles. The minimum absolute atomic E-state index is 0.656. The molecule has 0 saturated carbocycles. The largest absolute Gasteiger partial charge is 0.295 e. The van der Waals surface area contributed by atoms with E-state index in [1.54, 1.807) is 0 Å². The van der Waals surface area contributed by atoms with Gasteiger partial charge >= 0.3 is 0 Å². The molecule has 1 fully saturated rings. The van der Waals surface area contributed by atoms with E-state index in [2.05, 4.69) is 48.9 Å². The lowest BCUT2D eigenvalue weighted by Gasteiger charge is -2.34. The van der Waals surface area contributed by atoms with Crippen molar-refractivity contribution < 1.29 is 0 Å². The second-order valence-electron chi connectivity index (χ2n) is 4.51. The zero-order valence-corrected chi connectivity index (χ0v) is 13.6. The van der Waals surface area contributed by atoms with Gasteiger partial charge in [0.15, 0.2) is 0 Å². The highest BCUT2D eigenvalue weighted by Crippen LogP contribution is 2.26. The molecule has 1 heterocycles. The van der Waals surface area contributed by atoms with Gasteiger partial charge in [-0.1, -0.05) is 55.9 Å². The van der Waals surface area contributed by atoms with Crippen LogP contribution in [0.1, 0.15) is 24.8 Å². The summed E-state index contributed by atoms with van der Waals surface area (Å²) in [6.45, 7) is 2.14. The van der Waals surface area contributed by atoms with E-state index < -0.39 is 0 Å². The topological polar surface area (TPSA) is 3.24 Å². The van der Waals surface area contributed by atoms with Crippen molar-refractivity contribution in [2.24, 2.45) is 0 Å². The Morgan fingerprint density at radius 3 is 2.88 bits per heavy atom. The highest BCUT2D eigenvalue weighted by Gasteiger charge is 2.21. The lowest BCUT2D eigenvalue weighted by molar-refractivity contribution is 0.156. The van der Waals surface area contributed by atoms with Gasteiger partial charge in [0.2, 0.25) is 0 Å². The quantitative estimate of drug-likeness (QED) is 0.677.